The molecule has 0 unspecified atom stereocenters. The van der Waals surface area contributed by atoms with E-state index >= 15 is 0 Å². The Balaban J connectivity index is 1.65. The Morgan fingerprint density at radius 1 is 1.50 bits per heavy atom. The molecule has 0 radical (unpaired) electrons. The van der Waals surface area contributed by atoms with Crippen molar-refractivity contribution in [3.05, 3.63) is 31.1 Å². The van der Waals surface area contributed by atoms with Crippen LogP contribution in [0.2, 0.25) is 0 Å². The van der Waals surface area contributed by atoms with Gasteiger partial charge in [-0.25, -0.2) is 9.97 Å². The molecule has 1 aromatic heterocycles. The second-order valence-corrected chi connectivity index (χ2v) is 5.52. The van der Waals surface area contributed by atoms with Crippen molar-refractivity contribution in [1.29, 1.82) is 0 Å². The van der Waals surface area contributed by atoms with Crippen molar-refractivity contribution >= 4 is 5.95 Å². The van der Waals surface area contributed by atoms with Crippen LogP contribution in [-0.2, 0) is 9.47 Å². The van der Waals surface area contributed by atoms with Gasteiger partial charge in [-0.3, -0.25) is 0 Å². The largest absolute Gasteiger partial charge is 0.372 e. The second-order valence-electron chi connectivity index (χ2n) is 5.52. The van der Waals surface area contributed by atoms with Crippen LogP contribution in [-0.4, -0.2) is 48.0 Å². The summed E-state index contributed by atoms with van der Waals surface area (Å²) in [6, 6.07) is 1.84. The average molecular weight is 275 g/mol. The molecular weight excluding hydrogens is 254 g/mol. The summed E-state index contributed by atoms with van der Waals surface area (Å²) in [5.41, 5.74) is -0.0940. The van der Waals surface area contributed by atoms with E-state index < -0.39 is 0 Å². The van der Waals surface area contributed by atoms with E-state index in [0.717, 1.165) is 38.3 Å². The number of ether oxygens (including phenoxy) is 2. The van der Waals surface area contributed by atoms with Crippen molar-refractivity contribution in [2.45, 2.75) is 31.0 Å². The predicted octanol–water partition coefficient (Wildman–Crippen LogP) is 1.81. The van der Waals surface area contributed by atoms with Crippen LogP contribution in [0.1, 0.15) is 19.3 Å². The van der Waals surface area contributed by atoms with E-state index in [-0.39, 0.29) is 11.7 Å². The zero-order valence-corrected chi connectivity index (χ0v) is 11.7. The van der Waals surface area contributed by atoms with E-state index in [1.165, 1.54) is 0 Å². The molecule has 0 bridgehead atoms. The number of anilines is 1. The van der Waals surface area contributed by atoms with Gasteiger partial charge in [0.2, 0.25) is 5.95 Å². The predicted molar refractivity (Wildman–Crippen MR) is 76.7 cm³/mol. The van der Waals surface area contributed by atoms with Crippen molar-refractivity contribution in [1.82, 2.24) is 9.97 Å². The van der Waals surface area contributed by atoms with Crippen molar-refractivity contribution in [2.24, 2.45) is 0 Å². The zero-order chi connectivity index (χ0) is 13.8. The highest BCUT2D eigenvalue weighted by Crippen LogP contribution is 2.36. The summed E-state index contributed by atoms with van der Waals surface area (Å²) in [6.07, 6.45) is 8.69. The summed E-state index contributed by atoms with van der Waals surface area (Å²) in [6.45, 7) is 6.80. The summed E-state index contributed by atoms with van der Waals surface area (Å²) >= 11 is 0. The third-order valence-corrected chi connectivity index (χ3v) is 4.00. The first kappa shape index (κ1) is 13.5. The molecule has 3 rings (SSSR count). The Bertz CT molecular complexity index is 454. The smallest absolute Gasteiger partial charge is 0.225 e. The number of hydrogen-bond acceptors (Lipinski definition) is 5. The number of hydrogen-bond donors (Lipinski definition) is 0. The fourth-order valence-corrected chi connectivity index (χ4v) is 3.12. The minimum Gasteiger partial charge on any atom is -0.372 e. The Hall–Kier alpha value is -1.46. The second kappa shape index (κ2) is 5.89. The third kappa shape index (κ3) is 2.83. The SMILES string of the molecule is C=CCO[C@H]1CO[C@]2(CCCN(c3ncccn3)C2)C1. The van der Waals surface area contributed by atoms with Crippen LogP contribution in [0.15, 0.2) is 31.1 Å². The maximum absolute atomic E-state index is 6.09. The van der Waals surface area contributed by atoms with Gasteiger partial charge in [0.25, 0.3) is 0 Å². The Morgan fingerprint density at radius 3 is 3.15 bits per heavy atom. The van der Waals surface area contributed by atoms with Gasteiger partial charge in [-0.1, -0.05) is 6.08 Å². The number of piperidine rings is 1. The molecule has 2 saturated heterocycles. The van der Waals surface area contributed by atoms with Gasteiger partial charge in [0.15, 0.2) is 0 Å². The molecule has 5 nitrogen and oxygen atoms in total. The molecule has 0 amide bonds. The summed E-state index contributed by atoms with van der Waals surface area (Å²) in [4.78, 5) is 10.9. The standard InChI is InChI=1S/C15H21N3O2/c1-2-9-19-13-10-15(20-11-13)5-3-8-18(12-15)14-16-6-4-7-17-14/h2,4,6-7,13H,1,3,5,8-12H2/t13-,15-/m1/s1. The molecule has 5 heteroatoms. The fraction of sp³-hybridized carbons (Fsp3) is 0.600. The minimum atomic E-state index is -0.0940. The van der Waals surface area contributed by atoms with Crippen molar-refractivity contribution < 1.29 is 9.47 Å². The molecule has 2 fully saturated rings. The van der Waals surface area contributed by atoms with Gasteiger partial charge < -0.3 is 14.4 Å². The van der Waals surface area contributed by atoms with E-state index in [4.69, 9.17) is 9.47 Å². The maximum atomic E-state index is 6.09. The van der Waals surface area contributed by atoms with Crippen LogP contribution in [0.25, 0.3) is 0 Å². The Labute approximate surface area is 119 Å². The highest BCUT2D eigenvalue weighted by atomic mass is 16.6. The molecule has 0 aliphatic carbocycles. The van der Waals surface area contributed by atoms with Gasteiger partial charge in [-0.2, -0.15) is 0 Å². The van der Waals surface area contributed by atoms with Gasteiger partial charge in [0.1, 0.15) is 0 Å². The summed E-state index contributed by atoms with van der Waals surface area (Å²) < 4.78 is 11.8. The normalized spacial score (nSPS) is 29.8. The molecule has 2 atom stereocenters. The van der Waals surface area contributed by atoms with Crippen molar-refractivity contribution in [2.75, 3.05) is 31.2 Å². The molecule has 108 valence electrons. The molecule has 0 aromatic carbocycles. The van der Waals surface area contributed by atoms with E-state index in [2.05, 4.69) is 21.4 Å². The first-order valence-electron chi connectivity index (χ1n) is 7.20. The molecule has 3 heterocycles. The Kier molecular flexibility index (Phi) is 3.98. The summed E-state index contributed by atoms with van der Waals surface area (Å²) in [7, 11) is 0. The molecule has 20 heavy (non-hydrogen) atoms. The molecule has 2 aliphatic heterocycles. The van der Waals surface area contributed by atoms with Gasteiger partial charge in [0.05, 0.1) is 24.9 Å². The quantitative estimate of drug-likeness (QED) is 0.784. The number of aromatic nitrogens is 2. The highest BCUT2D eigenvalue weighted by Gasteiger charge is 2.44. The van der Waals surface area contributed by atoms with Gasteiger partial charge in [0, 0.05) is 31.9 Å². The lowest BCUT2D eigenvalue weighted by Gasteiger charge is -2.39. The molecular formula is C15H21N3O2. The van der Waals surface area contributed by atoms with E-state index in [1.807, 2.05) is 6.07 Å². The lowest BCUT2D eigenvalue weighted by molar-refractivity contribution is -0.0113. The molecule has 2 aliphatic rings. The van der Waals surface area contributed by atoms with Crippen molar-refractivity contribution in [3.8, 4) is 0 Å². The van der Waals surface area contributed by atoms with Crippen LogP contribution >= 0.6 is 0 Å². The lowest BCUT2D eigenvalue weighted by Crippen LogP contribution is -2.48. The first-order chi connectivity index (χ1) is 9.81. The third-order valence-electron chi connectivity index (χ3n) is 4.00. The van der Waals surface area contributed by atoms with Gasteiger partial charge in [-0.05, 0) is 18.9 Å². The fourth-order valence-electron chi connectivity index (χ4n) is 3.12. The van der Waals surface area contributed by atoms with Crippen LogP contribution in [0, 0.1) is 0 Å². The lowest BCUT2D eigenvalue weighted by atomic mass is 9.89. The molecule has 1 spiro atoms. The van der Waals surface area contributed by atoms with E-state index in [1.54, 1.807) is 18.5 Å². The minimum absolute atomic E-state index is 0.0940. The first-order valence-corrected chi connectivity index (χ1v) is 7.20. The monoisotopic (exact) mass is 275 g/mol. The molecule has 0 saturated carbocycles. The average Bonchev–Trinajstić information content (AvgIpc) is 2.89. The maximum Gasteiger partial charge on any atom is 0.225 e. The zero-order valence-electron chi connectivity index (χ0n) is 11.7. The van der Waals surface area contributed by atoms with E-state index in [0.29, 0.717) is 13.2 Å². The van der Waals surface area contributed by atoms with Gasteiger partial charge >= 0.3 is 0 Å². The van der Waals surface area contributed by atoms with Crippen molar-refractivity contribution in [3.63, 3.8) is 0 Å². The molecule has 1 aromatic rings. The van der Waals surface area contributed by atoms with E-state index in [9.17, 15) is 0 Å². The summed E-state index contributed by atoms with van der Waals surface area (Å²) in [5, 5.41) is 0. The highest BCUT2D eigenvalue weighted by molar-refractivity contribution is 5.31. The Morgan fingerprint density at radius 2 is 2.35 bits per heavy atom. The van der Waals surface area contributed by atoms with Crippen LogP contribution in [0.5, 0.6) is 0 Å². The summed E-state index contributed by atoms with van der Waals surface area (Å²) in [5.74, 6) is 0.797. The topological polar surface area (TPSA) is 47.5 Å². The molecule has 0 N–H and O–H groups in total. The van der Waals surface area contributed by atoms with Crippen LogP contribution in [0.3, 0.4) is 0 Å². The van der Waals surface area contributed by atoms with Gasteiger partial charge in [-0.15, -0.1) is 6.58 Å². The van der Waals surface area contributed by atoms with Crippen LogP contribution < -0.4 is 4.90 Å². The van der Waals surface area contributed by atoms with Crippen LogP contribution in [0.4, 0.5) is 5.95 Å². The number of rotatable bonds is 4. The number of nitrogens with zero attached hydrogens (tertiary/aromatic N) is 3.